The van der Waals surface area contributed by atoms with Gasteiger partial charge in [-0.1, -0.05) is 0 Å². The van der Waals surface area contributed by atoms with Crippen LogP contribution in [0.25, 0.3) is 0 Å². The molecule has 22 heavy (non-hydrogen) atoms. The zero-order valence-corrected chi connectivity index (χ0v) is 12.4. The predicted octanol–water partition coefficient (Wildman–Crippen LogP) is 2.16. The molecule has 1 amide bonds. The smallest absolute Gasteiger partial charge is 0.339 e. The summed E-state index contributed by atoms with van der Waals surface area (Å²) in [5.74, 6) is 0.00461. The number of nitrogens with one attached hydrogen (secondary N) is 1. The maximum absolute atomic E-state index is 12.3. The fourth-order valence-corrected chi connectivity index (χ4v) is 2.38. The van der Waals surface area contributed by atoms with Gasteiger partial charge in [-0.25, -0.2) is 4.79 Å². The number of carboxylic acids is 1. The lowest BCUT2D eigenvalue weighted by Crippen LogP contribution is -2.26. The molecule has 7 nitrogen and oxygen atoms in total. The van der Waals surface area contributed by atoms with Crippen LogP contribution in [0.5, 0.6) is 0 Å². The Bertz CT molecular complexity index is 727. The van der Waals surface area contributed by atoms with Gasteiger partial charge >= 0.3 is 5.97 Å². The van der Waals surface area contributed by atoms with E-state index in [2.05, 4.69) is 10.2 Å². The highest BCUT2D eigenvalue weighted by Gasteiger charge is 2.27. The molecule has 2 aromatic heterocycles. The van der Waals surface area contributed by atoms with Gasteiger partial charge in [0.15, 0.2) is 0 Å². The van der Waals surface area contributed by atoms with Crippen molar-refractivity contribution in [1.82, 2.24) is 15.1 Å². The van der Waals surface area contributed by atoms with Gasteiger partial charge in [-0.05, 0) is 31.9 Å². The number of carbonyl (C=O) groups is 2. The molecule has 116 valence electrons. The van der Waals surface area contributed by atoms with Crippen LogP contribution in [0.3, 0.4) is 0 Å². The number of aromatic carboxylic acids is 1. The van der Waals surface area contributed by atoms with Gasteiger partial charge in [0, 0.05) is 18.7 Å². The third-order valence-corrected chi connectivity index (χ3v) is 3.77. The number of carbonyl (C=O) groups excluding carboxylic acids is 1. The van der Waals surface area contributed by atoms with Crippen LogP contribution in [-0.2, 0) is 6.54 Å². The van der Waals surface area contributed by atoms with E-state index in [4.69, 9.17) is 9.52 Å². The van der Waals surface area contributed by atoms with Crippen LogP contribution in [0.4, 0.5) is 0 Å². The lowest BCUT2D eigenvalue weighted by atomic mass is 10.2. The quantitative estimate of drug-likeness (QED) is 0.881. The fourth-order valence-electron chi connectivity index (χ4n) is 2.38. The van der Waals surface area contributed by atoms with Gasteiger partial charge in [0.05, 0.1) is 6.54 Å². The SMILES string of the molecule is Cc1oc(CN(C)C(=O)c2cc(C3CC3)[nH]n2)cc1C(=O)O. The highest BCUT2D eigenvalue weighted by atomic mass is 16.4. The maximum Gasteiger partial charge on any atom is 0.339 e. The highest BCUT2D eigenvalue weighted by Crippen LogP contribution is 2.39. The predicted molar refractivity (Wildman–Crippen MR) is 76.8 cm³/mol. The maximum atomic E-state index is 12.3. The topological polar surface area (TPSA) is 99.4 Å². The molecular weight excluding hydrogens is 286 g/mol. The molecule has 0 bridgehead atoms. The summed E-state index contributed by atoms with van der Waals surface area (Å²) in [6, 6.07) is 3.23. The standard InChI is InChI=1S/C15H17N3O4/c1-8-11(15(20)21)5-10(22-8)7-18(2)14(19)13-6-12(16-17-13)9-3-4-9/h5-6,9H,3-4,7H2,1-2H3,(H,16,17)(H,20,21). The van der Waals surface area contributed by atoms with E-state index < -0.39 is 5.97 Å². The van der Waals surface area contributed by atoms with Crippen molar-refractivity contribution in [3.8, 4) is 0 Å². The monoisotopic (exact) mass is 303 g/mol. The molecule has 0 saturated heterocycles. The van der Waals surface area contributed by atoms with Gasteiger partial charge < -0.3 is 14.4 Å². The average molecular weight is 303 g/mol. The van der Waals surface area contributed by atoms with Crippen molar-refractivity contribution >= 4 is 11.9 Å². The van der Waals surface area contributed by atoms with Crippen LogP contribution in [0.2, 0.25) is 0 Å². The molecule has 2 N–H and O–H groups in total. The minimum Gasteiger partial charge on any atom is -0.478 e. The van der Waals surface area contributed by atoms with E-state index in [1.54, 1.807) is 20.0 Å². The molecule has 0 spiro atoms. The molecule has 2 heterocycles. The highest BCUT2D eigenvalue weighted by molar-refractivity contribution is 5.92. The molecular formula is C15H17N3O4. The first-order chi connectivity index (χ1) is 10.5. The van der Waals surface area contributed by atoms with Crippen molar-refractivity contribution in [2.75, 3.05) is 7.05 Å². The molecule has 1 aliphatic rings. The van der Waals surface area contributed by atoms with Crippen LogP contribution in [0, 0.1) is 6.92 Å². The summed E-state index contributed by atoms with van der Waals surface area (Å²) in [5.41, 5.74) is 1.48. The van der Waals surface area contributed by atoms with Gasteiger partial charge in [-0.2, -0.15) is 5.10 Å². The number of nitrogens with zero attached hydrogens (tertiary/aromatic N) is 2. The van der Waals surface area contributed by atoms with Crippen molar-refractivity contribution in [3.05, 3.63) is 40.6 Å². The summed E-state index contributed by atoms with van der Waals surface area (Å²) in [4.78, 5) is 24.8. The number of amides is 1. The van der Waals surface area contributed by atoms with Crippen molar-refractivity contribution in [3.63, 3.8) is 0 Å². The summed E-state index contributed by atoms with van der Waals surface area (Å²) in [5, 5.41) is 16.0. The number of hydrogen-bond donors (Lipinski definition) is 2. The number of carboxylic acid groups (broad SMARTS) is 1. The molecule has 0 aliphatic heterocycles. The zero-order valence-electron chi connectivity index (χ0n) is 12.4. The lowest BCUT2D eigenvalue weighted by Gasteiger charge is -2.13. The van der Waals surface area contributed by atoms with E-state index in [-0.39, 0.29) is 18.0 Å². The van der Waals surface area contributed by atoms with Gasteiger partial charge in [0.25, 0.3) is 5.91 Å². The van der Waals surface area contributed by atoms with Crippen molar-refractivity contribution in [2.45, 2.75) is 32.2 Å². The van der Waals surface area contributed by atoms with E-state index >= 15 is 0 Å². The van der Waals surface area contributed by atoms with Crippen LogP contribution in [-0.4, -0.2) is 39.1 Å². The molecule has 1 fully saturated rings. The van der Waals surface area contributed by atoms with Crippen LogP contribution in [0.15, 0.2) is 16.5 Å². The fraction of sp³-hybridized carbons (Fsp3) is 0.400. The number of aromatic nitrogens is 2. The molecule has 7 heteroatoms. The summed E-state index contributed by atoms with van der Waals surface area (Å²) < 4.78 is 5.38. The van der Waals surface area contributed by atoms with Crippen LogP contribution in [0.1, 0.15) is 56.8 Å². The third-order valence-electron chi connectivity index (χ3n) is 3.77. The van der Waals surface area contributed by atoms with Gasteiger partial charge in [-0.15, -0.1) is 0 Å². The molecule has 0 aromatic carbocycles. The van der Waals surface area contributed by atoms with Gasteiger partial charge in [-0.3, -0.25) is 9.89 Å². The normalized spacial score (nSPS) is 14.1. The Labute approximate surface area is 126 Å². The van der Waals surface area contributed by atoms with Crippen molar-refractivity contribution in [1.29, 1.82) is 0 Å². The summed E-state index contributed by atoms with van der Waals surface area (Å²) in [6.45, 7) is 1.78. The summed E-state index contributed by atoms with van der Waals surface area (Å²) in [6.07, 6.45) is 2.27. The molecule has 3 rings (SSSR count). The van der Waals surface area contributed by atoms with Gasteiger partial charge in [0.2, 0.25) is 0 Å². The van der Waals surface area contributed by atoms with Gasteiger partial charge in [0.1, 0.15) is 22.8 Å². The number of hydrogen-bond acceptors (Lipinski definition) is 4. The number of rotatable bonds is 5. The Morgan fingerprint density at radius 2 is 2.18 bits per heavy atom. The zero-order chi connectivity index (χ0) is 15.9. The number of H-pyrrole nitrogens is 1. The third kappa shape index (κ3) is 2.74. The van der Waals surface area contributed by atoms with Crippen molar-refractivity contribution < 1.29 is 19.1 Å². The largest absolute Gasteiger partial charge is 0.478 e. The number of aromatic amines is 1. The van der Waals surface area contributed by atoms with E-state index in [0.717, 1.165) is 18.5 Å². The first kappa shape index (κ1) is 14.4. The Kier molecular flexibility index (Phi) is 3.48. The second-order valence-corrected chi connectivity index (χ2v) is 5.63. The second-order valence-electron chi connectivity index (χ2n) is 5.63. The first-order valence-electron chi connectivity index (χ1n) is 7.09. The molecule has 2 aromatic rings. The minimum atomic E-state index is -1.04. The molecule has 1 saturated carbocycles. The van der Waals surface area contributed by atoms with Crippen molar-refractivity contribution in [2.24, 2.45) is 0 Å². The van der Waals surface area contributed by atoms with E-state index in [1.165, 1.54) is 11.0 Å². The number of aryl methyl sites for hydroxylation is 1. The molecule has 0 unspecified atom stereocenters. The molecule has 0 radical (unpaired) electrons. The molecule has 1 aliphatic carbocycles. The second kappa shape index (κ2) is 5.32. The average Bonchev–Trinajstić information content (AvgIpc) is 3.08. The first-order valence-corrected chi connectivity index (χ1v) is 7.09. The summed E-state index contributed by atoms with van der Waals surface area (Å²) >= 11 is 0. The molecule has 0 atom stereocenters. The Morgan fingerprint density at radius 3 is 2.77 bits per heavy atom. The Hall–Kier alpha value is -2.57. The van der Waals surface area contributed by atoms with E-state index in [1.807, 2.05) is 0 Å². The Morgan fingerprint density at radius 1 is 1.45 bits per heavy atom. The lowest BCUT2D eigenvalue weighted by molar-refractivity contribution is 0.0694. The summed E-state index contributed by atoms with van der Waals surface area (Å²) in [7, 11) is 1.63. The van der Waals surface area contributed by atoms with E-state index in [9.17, 15) is 9.59 Å². The van der Waals surface area contributed by atoms with Crippen LogP contribution >= 0.6 is 0 Å². The number of furan rings is 1. The minimum absolute atomic E-state index is 0.117. The Balaban J connectivity index is 1.70. The van der Waals surface area contributed by atoms with E-state index in [0.29, 0.717) is 23.1 Å². The van der Waals surface area contributed by atoms with Crippen LogP contribution < -0.4 is 0 Å².